The number of nitrogens with zero attached hydrogens (tertiary/aromatic N) is 1. The number of rotatable bonds is 3. The van der Waals surface area contributed by atoms with Crippen LogP contribution < -0.4 is 0 Å². The molecular formula is C9H16N2. The molecule has 0 saturated carbocycles. The van der Waals surface area contributed by atoms with Gasteiger partial charge in [-0.1, -0.05) is 27.2 Å². The topological polar surface area (TPSA) is 28.7 Å². The predicted molar refractivity (Wildman–Crippen MR) is 46.7 cm³/mol. The maximum absolute atomic E-state index is 4.04. The molecule has 1 rings (SSSR count). The van der Waals surface area contributed by atoms with E-state index >= 15 is 0 Å². The van der Waals surface area contributed by atoms with Gasteiger partial charge < -0.3 is 0 Å². The first-order valence-electron chi connectivity index (χ1n) is 4.27. The molecule has 1 N–H and O–H groups in total. The van der Waals surface area contributed by atoms with Crippen molar-refractivity contribution < 1.29 is 0 Å². The van der Waals surface area contributed by atoms with Crippen LogP contribution in [0, 0.1) is 0 Å². The lowest BCUT2D eigenvalue weighted by molar-refractivity contribution is 0.786. The molecule has 0 atom stereocenters. The molecule has 0 aromatic carbocycles. The highest BCUT2D eigenvalue weighted by atomic mass is 15.1. The van der Waals surface area contributed by atoms with Crippen LogP contribution in [0.3, 0.4) is 0 Å². The third-order valence-corrected chi connectivity index (χ3v) is 1.85. The van der Waals surface area contributed by atoms with Gasteiger partial charge in [-0.25, -0.2) is 0 Å². The Morgan fingerprint density at radius 3 is 2.82 bits per heavy atom. The van der Waals surface area contributed by atoms with E-state index in [0.29, 0.717) is 5.92 Å². The fraction of sp³-hybridized carbons (Fsp3) is 0.667. The molecule has 0 aliphatic heterocycles. The summed E-state index contributed by atoms with van der Waals surface area (Å²) in [5.41, 5.74) is 2.68. The van der Waals surface area contributed by atoms with E-state index in [9.17, 15) is 0 Å². The van der Waals surface area contributed by atoms with E-state index in [4.69, 9.17) is 0 Å². The predicted octanol–water partition coefficient (Wildman–Crippen LogP) is 2.49. The summed E-state index contributed by atoms with van der Waals surface area (Å²) in [6, 6.07) is 0. The Balaban J connectivity index is 2.78. The summed E-state index contributed by atoms with van der Waals surface area (Å²) < 4.78 is 0. The highest BCUT2D eigenvalue weighted by Crippen LogP contribution is 2.16. The van der Waals surface area contributed by atoms with Gasteiger partial charge in [0.15, 0.2) is 0 Å². The van der Waals surface area contributed by atoms with Crippen LogP contribution in [0.5, 0.6) is 0 Å². The highest BCUT2D eigenvalue weighted by molar-refractivity contribution is 5.19. The first-order valence-corrected chi connectivity index (χ1v) is 4.27. The van der Waals surface area contributed by atoms with Crippen LogP contribution in [-0.2, 0) is 6.42 Å². The number of hydrogen-bond acceptors (Lipinski definition) is 1. The summed E-state index contributed by atoms with van der Waals surface area (Å²) in [6.07, 6.45) is 4.28. The Bertz CT molecular complexity index is 213. The van der Waals surface area contributed by atoms with Crippen LogP contribution in [0.1, 0.15) is 44.4 Å². The van der Waals surface area contributed by atoms with Gasteiger partial charge in [-0.05, 0) is 17.9 Å². The van der Waals surface area contributed by atoms with Gasteiger partial charge in [0.2, 0.25) is 0 Å². The van der Waals surface area contributed by atoms with Gasteiger partial charge in [0, 0.05) is 5.69 Å². The second-order valence-corrected chi connectivity index (χ2v) is 3.21. The molecule has 62 valence electrons. The lowest BCUT2D eigenvalue weighted by Crippen LogP contribution is -1.93. The highest BCUT2D eigenvalue weighted by Gasteiger charge is 2.06. The number of aromatic amines is 1. The minimum absolute atomic E-state index is 0.569. The first kappa shape index (κ1) is 8.31. The van der Waals surface area contributed by atoms with E-state index < -0.39 is 0 Å². The van der Waals surface area contributed by atoms with Gasteiger partial charge >= 0.3 is 0 Å². The molecule has 1 aromatic rings. The van der Waals surface area contributed by atoms with Gasteiger partial charge in [-0.3, -0.25) is 5.10 Å². The van der Waals surface area contributed by atoms with Crippen LogP contribution >= 0.6 is 0 Å². The van der Waals surface area contributed by atoms with E-state index in [1.807, 2.05) is 6.20 Å². The molecule has 0 spiro atoms. The summed E-state index contributed by atoms with van der Waals surface area (Å²) >= 11 is 0. The van der Waals surface area contributed by atoms with Crippen LogP contribution in [0.15, 0.2) is 6.20 Å². The summed E-state index contributed by atoms with van der Waals surface area (Å²) in [5, 5.41) is 7.08. The van der Waals surface area contributed by atoms with Crippen molar-refractivity contribution in [2.75, 3.05) is 0 Å². The molecular weight excluding hydrogens is 136 g/mol. The van der Waals surface area contributed by atoms with Crippen LogP contribution in [0.25, 0.3) is 0 Å². The fourth-order valence-corrected chi connectivity index (χ4v) is 1.29. The zero-order valence-corrected chi connectivity index (χ0v) is 7.52. The molecule has 2 heteroatoms. The zero-order valence-electron chi connectivity index (χ0n) is 7.52. The van der Waals surface area contributed by atoms with Gasteiger partial charge in [-0.2, -0.15) is 5.10 Å². The van der Waals surface area contributed by atoms with Crippen LogP contribution in [0.2, 0.25) is 0 Å². The molecule has 0 unspecified atom stereocenters. The number of aromatic nitrogens is 2. The maximum Gasteiger partial charge on any atom is 0.0522 e. The molecule has 0 fully saturated rings. The molecule has 0 aliphatic carbocycles. The first-order chi connectivity index (χ1) is 5.25. The van der Waals surface area contributed by atoms with Gasteiger partial charge in [0.25, 0.3) is 0 Å². The smallest absolute Gasteiger partial charge is 0.0522 e. The van der Waals surface area contributed by atoms with Crippen molar-refractivity contribution in [2.24, 2.45) is 0 Å². The van der Waals surface area contributed by atoms with Crippen molar-refractivity contribution in [1.82, 2.24) is 10.2 Å². The Morgan fingerprint density at radius 1 is 1.55 bits per heavy atom. The summed E-state index contributed by atoms with van der Waals surface area (Å²) in [7, 11) is 0. The Morgan fingerprint density at radius 2 is 2.27 bits per heavy atom. The molecule has 0 aliphatic rings. The normalized spacial score (nSPS) is 10.9. The SMILES string of the molecule is CCCc1cn[nH]c1C(C)C. The molecule has 11 heavy (non-hydrogen) atoms. The monoisotopic (exact) mass is 152 g/mol. The summed E-state index contributed by atoms with van der Waals surface area (Å²) in [6.45, 7) is 6.57. The minimum Gasteiger partial charge on any atom is -0.282 e. The molecule has 1 aromatic heterocycles. The van der Waals surface area contributed by atoms with Gasteiger partial charge in [0.05, 0.1) is 6.20 Å². The largest absolute Gasteiger partial charge is 0.282 e. The van der Waals surface area contributed by atoms with Crippen LogP contribution in [-0.4, -0.2) is 10.2 Å². The second kappa shape index (κ2) is 3.56. The molecule has 1 heterocycles. The quantitative estimate of drug-likeness (QED) is 0.708. The van der Waals surface area contributed by atoms with Gasteiger partial charge in [-0.15, -0.1) is 0 Å². The second-order valence-electron chi connectivity index (χ2n) is 3.21. The molecule has 0 saturated heterocycles. The van der Waals surface area contributed by atoms with E-state index in [1.165, 1.54) is 17.7 Å². The van der Waals surface area contributed by atoms with Crippen molar-refractivity contribution in [3.8, 4) is 0 Å². The Labute approximate surface area is 68.0 Å². The van der Waals surface area contributed by atoms with E-state index in [2.05, 4.69) is 31.0 Å². The lowest BCUT2D eigenvalue weighted by Gasteiger charge is -2.03. The fourth-order valence-electron chi connectivity index (χ4n) is 1.29. The number of hydrogen-bond donors (Lipinski definition) is 1. The number of aryl methyl sites for hydroxylation is 1. The number of nitrogens with one attached hydrogen (secondary N) is 1. The maximum atomic E-state index is 4.04. The molecule has 0 amide bonds. The van der Waals surface area contributed by atoms with E-state index in [1.54, 1.807) is 0 Å². The van der Waals surface area contributed by atoms with Crippen molar-refractivity contribution in [2.45, 2.75) is 39.5 Å². The van der Waals surface area contributed by atoms with E-state index in [-0.39, 0.29) is 0 Å². The molecule has 0 bridgehead atoms. The van der Waals surface area contributed by atoms with Crippen molar-refractivity contribution >= 4 is 0 Å². The van der Waals surface area contributed by atoms with Crippen molar-refractivity contribution in [1.29, 1.82) is 0 Å². The van der Waals surface area contributed by atoms with Crippen molar-refractivity contribution in [3.05, 3.63) is 17.5 Å². The third-order valence-electron chi connectivity index (χ3n) is 1.85. The van der Waals surface area contributed by atoms with Crippen LogP contribution in [0.4, 0.5) is 0 Å². The summed E-state index contributed by atoms with van der Waals surface area (Å²) in [5.74, 6) is 0.569. The molecule has 0 radical (unpaired) electrons. The average molecular weight is 152 g/mol. The standard InChI is InChI=1S/C9H16N2/c1-4-5-8-6-10-11-9(8)7(2)3/h6-7H,4-5H2,1-3H3,(H,10,11). The Kier molecular flexibility index (Phi) is 2.69. The zero-order chi connectivity index (χ0) is 8.27. The van der Waals surface area contributed by atoms with Gasteiger partial charge in [0.1, 0.15) is 0 Å². The number of H-pyrrole nitrogens is 1. The van der Waals surface area contributed by atoms with E-state index in [0.717, 1.165) is 6.42 Å². The minimum atomic E-state index is 0.569. The summed E-state index contributed by atoms with van der Waals surface area (Å²) in [4.78, 5) is 0. The lowest BCUT2D eigenvalue weighted by atomic mass is 10.0. The average Bonchev–Trinajstić information content (AvgIpc) is 2.36. The van der Waals surface area contributed by atoms with Crippen molar-refractivity contribution in [3.63, 3.8) is 0 Å². The third kappa shape index (κ3) is 1.82. The molecule has 2 nitrogen and oxygen atoms in total. The Hall–Kier alpha value is -0.790.